The molecule has 28 heavy (non-hydrogen) atoms. The molecule has 146 valence electrons. The summed E-state index contributed by atoms with van der Waals surface area (Å²) >= 11 is 0. The van der Waals surface area contributed by atoms with E-state index in [0.717, 1.165) is 36.2 Å². The van der Waals surface area contributed by atoms with Crippen LogP contribution in [-0.4, -0.2) is 29.1 Å². The van der Waals surface area contributed by atoms with Crippen molar-refractivity contribution in [2.24, 2.45) is 5.73 Å². The number of hydrogen-bond donors (Lipinski definition) is 3. The largest absolute Gasteiger partial charge is 0.399 e. The van der Waals surface area contributed by atoms with E-state index in [1.165, 1.54) is 0 Å². The summed E-state index contributed by atoms with van der Waals surface area (Å²) in [6.07, 6.45) is 0.946. The van der Waals surface area contributed by atoms with Gasteiger partial charge in [0.2, 0.25) is 5.95 Å². The molecule has 0 bridgehead atoms. The zero-order valence-corrected chi connectivity index (χ0v) is 16.6. The molecule has 1 saturated heterocycles. The number of para-hydroxylation sites is 1. The molecule has 2 aromatic carbocycles. The lowest BCUT2D eigenvalue weighted by molar-refractivity contribution is 0.751. The topological polar surface area (TPSA) is 117 Å². The Morgan fingerprint density at radius 1 is 1.14 bits per heavy atom. The minimum absolute atomic E-state index is 0. The van der Waals surface area contributed by atoms with E-state index in [9.17, 15) is 0 Å². The minimum Gasteiger partial charge on any atom is -0.399 e. The van der Waals surface area contributed by atoms with E-state index < -0.39 is 0 Å². The van der Waals surface area contributed by atoms with Gasteiger partial charge in [0, 0.05) is 35.9 Å². The Balaban J connectivity index is 0.00000140. The number of anilines is 4. The molecule has 1 fully saturated rings. The summed E-state index contributed by atoms with van der Waals surface area (Å²) < 4.78 is 0. The van der Waals surface area contributed by atoms with Crippen molar-refractivity contribution < 1.29 is 0 Å². The Kier molecular flexibility index (Phi) is 6.86. The van der Waals surface area contributed by atoms with Crippen molar-refractivity contribution in [3.8, 4) is 6.07 Å². The number of nitrogens with two attached hydrogens (primary N) is 2. The smallest absolute Gasteiger partial charge is 0.229 e. The van der Waals surface area contributed by atoms with Gasteiger partial charge < -0.3 is 21.7 Å². The molecule has 7 nitrogen and oxygen atoms in total. The Morgan fingerprint density at radius 3 is 2.64 bits per heavy atom. The van der Waals surface area contributed by atoms with Gasteiger partial charge in [0.1, 0.15) is 5.82 Å². The average Bonchev–Trinajstić information content (AvgIpc) is 3.06. The van der Waals surface area contributed by atoms with Gasteiger partial charge in [-0.1, -0.05) is 12.1 Å². The van der Waals surface area contributed by atoms with Crippen LogP contribution in [0.15, 0.2) is 42.5 Å². The molecule has 0 radical (unpaired) electrons. The fourth-order valence-corrected chi connectivity index (χ4v) is 3.25. The molecule has 0 aliphatic carbocycles. The summed E-state index contributed by atoms with van der Waals surface area (Å²) in [6.45, 7) is 1.65. The molecule has 1 aliphatic rings. The third-order valence-electron chi connectivity index (χ3n) is 4.45. The molecule has 4 rings (SSSR count). The third-order valence-corrected chi connectivity index (χ3v) is 4.45. The highest BCUT2D eigenvalue weighted by molar-refractivity contribution is 5.91. The van der Waals surface area contributed by atoms with Crippen LogP contribution in [0.25, 0.3) is 10.9 Å². The number of halogens is 2. The number of aromatic nitrogens is 2. The van der Waals surface area contributed by atoms with Gasteiger partial charge in [0.05, 0.1) is 17.1 Å². The summed E-state index contributed by atoms with van der Waals surface area (Å²) in [7, 11) is 0. The van der Waals surface area contributed by atoms with Crippen molar-refractivity contribution in [1.29, 1.82) is 5.26 Å². The van der Waals surface area contributed by atoms with Crippen LogP contribution in [0.4, 0.5) is 23.1 Å². The van der Waals surface area contributed by atoms with Crippen LogP contribution in [0, 0.1) is 11.3 Å². The zero-order valence-electron chi connectivity index (χ0n) is 15.0. The fourth-order valence-electron chi connectivity index (χ4n) is 3.25. The molecule has 1 atom stereocenters. The molecule has 0 saturated carbocycles. The second-order valence-corrected chi connectivity index (χ2v) is 6.46. The number of nitriles is 1. The van der Waals surface area contributed by atoms with Crippen molar-refractivity contribution in [3.63, 3.8) is 0 Å². The SMILES string of the molecule is Cl.Cl.N#Cc1cc(N)cc(Nc2nc(N3CC[C@H](N)C3)c3ccccc3n2)c1. The van der Waals surface area contributed by atoms with Gasteiger partial charge in [0.15, 0.2) is 0 Å². The Morgan fingerprint density at radius 2 is 1.93 bits per heavy atom. The van der Waals surface area contributed by atoms with Gasteiger partial charge in [0.25, 0.3) is 0 Å². The zero-order chi connectivity index (χ0) is 18.1. The van der Waals surface area contributed by atoms with Gasteiger partial charge >= 0.3 is 0 Å². The van der Waals surface area contributed by atoms with E-state index in [0.29, 0.717) is 22.9 Å². The minimum atomic E-state index is 0. The van der Waals surface area contributed by atoms with Gasteiger partial charge in [-0.3, -0.25) is 0 Å². The molecular weight excluding hydrogens is 397 g/mol. The van der Waals surface area contributed by atoms with Gasteiger partial charge in [-0.2, -0.15) is 10.2 Å². The Labute approximate surface area is 175 Å². The predicted molar refractivity (Wildman–Crippen MR) is 118 cm³/mol. The van der Waals surface area contributed by atoms with E-state index in [-0.39, 0.29) is 30.9 Å². The maximum Gasteiger partial charge on any atom is 0.229 e. The summed E-state index contributed by atoms with van der Waals surface area (Å²) in [4.78, 5) is 11.5. The van der Waals surface area contributed by atoms with E-state index >= 15 is 0 Å². The maximum absolute atomic E-state index is 9.12. The second-order valence-electron chi connectivity index (χ2n) is 6.46. The van der Waals surface area contributed by atoms with E-state index in [1.54, 1.807) is 18.2 Å². The number of nitrogens with one attached hydrogen (secondary N) is 1. The van der Waals surface area contributed by atoms with Crippen molar-refractivity contribution in [3.05, 3.63) is 48.0 Å². The van der Waals surface area contributed by atoms with E-state index in [4.69, 9.17) is 21.7 Å². The van der Waals surface area contributed by atoms with Crippen molar-refractivity contribution in [1.82, 2.24) is 9.97 Å². The summed E-state index contributed by atoms with van der Waals surface area (Å²) in [5, 5.41) is 13.3. The number of benzene rings is 2. The van der Waals surface area contributed by atoms with Crippen molar-refractivity contribution in [2.45, 2.75) is 12.5 Å². The van der Waals surface area contributed by atoms with Crippen molar-refractivity contribution in [2.75, 3.05) is 29.0 Å². The van der Waals surface area contributed by atoms with Crippen LogP contribution >= 0.6 is 24.8 Å². The first-order valence-electron chi connectivity index (χ1n) is 8.47. The number of fused-ring (bicyclic) bond motifs is 1. The van der Waals surface area contributed by atoms with Crippen molar-refractivity contribution >= 4 is 58.9 Å². The summed E-state index contributed by atoms with van der Waals surface area (Å²) in [5.41, 5.74) is 14.5. The van der Waals surface area contributed by atoms with E-state index in [1.807, 2.05) is 24.3 Å². The molecule has 0 amide bonds. The van der Waals surface area contributed by atoms with E-state index in [2.05, 4.69) is 21.3 Å². The molecule has 3 aromatic rings. The van der Waals surface area contributed by atoms with Crippen LogP contribution in [-0.2, 0) is 0 Å². The van der Waals surface area contributed by atoms with Gasteiger partial charge in [-0.15, -0.1) is 24.8 Å². The first-order chi connectivity index (χ1) is 12.6. The van der Waals surface area contributed by atoms with Crippen LogP contribution < -0.4 is 21.7 Å². The quantitative estimate of drug-likeness (QED) is 0.559. The molecule has 2 heterocycles. The maximum atomic E-state index is 9.12. The van der Waals surface area contributed by atoms with Crippen LogP contribution in [0.3, 0.4) is 0 Å². The highest BCUT2D eigenvalue weighted by atomic mass is 35.5. The molecule has 9 heteroatoms. The molecular formula is C19H21Cl2N7. The Hall–Kier alpha value is -2.79. The molecule has 0 unspecified atom stereocenters. The third kappa shape index (κ3) is 4.37. The van der Waals surface area contributed by atoms with Gasteiger partial charge in [-0.05, 0) is 36.8 Å². The Bertz CT molecular complexity index is 1020. The average molecular weight is 418 g/mol. The summed E-state index contributed by atoms with van der Waals surface area (Å²) in [6, 6.07) is 15.3. The highest BCUT2D eigenvalue weighted by Crippen LogP contribution is 2.29. The highest BCUT2D eigenvalue weighted by Gasteiger charge is 2.23. The van der Waals surface area contributed by atoms with Gasteiger partial charge in [-0.25, -0.2) is 4.98 Å². The van der Waals surface area contributed by atoms with Crippen LogP contribution in [0.1, 0.15) is 12.0 Å². The standard InChI is InChI=1S/C19H19N7.2ClH/c20-10-12-7-14(22)9-15(8-12)23-19-24-17-4-2-1-3-16(17)18(25-19)26-6-5-13(21)11-26;;/h1-4,7-9,13H,5-6,11,21-22H2,(H,23,24,25);2*1H/t13-;;/m0../s1. The number of hydrogen-bond acceptors (Lipinski definition) is 7. The molecule has 5 N–H and O–H groups in total. The first-order valence-corrected chi connectivity index (χ1v) is 8.47. The second kappa shape index (κ2) is 8.93. The molecule has 1 aromatic heterocycles. The van der Waals surface area contributed by atoms with Crippen LogP contribution in [0.2, 0.25) is 0 Å². The number of nitrogen functional groups attached to an aromatic ring is 1. The lowest BCUT2D eigenvalue weighted by Gasteiger charge is -2.20. The summed E-state index contributed by atoms with van der Waals surface area (Å²) in [5.74, 6) is 1.34. The monoisotopic (exact) mass is 417 g/mol. The normalized spacial score (nSPS) is 15.4. The number of rotatable bonds is 3. The predicted octanol–water partition coefficient (Wildman–Crippen LogP) is 3.21. The first kappa shape index (κ1) is 21.5. The molecule has 1 aliphatic heterocycles. The van der Waals surface area contributed by atoms with Crippen LogP contribution in [0.5, 0.6) is 0 Å². The lowest BCUT2D eigenvalue weighted by Crippen LogP contribution is -2.27. The lowest BCUT2D eigenvalue weighted by atomic mass is 10.2. The fraction of sp³-hybridized carbons (Fsp3) is 0.211. The number of nitrogens with zero attached hydrogens (tertiary/aromatic N) is 4. The molecule has 0 spiro atoms.